The van der Waals surface area contributed by atoms with Crippen molar-refractivity contribution in [2.45, 2.75) is 42.3 Å². The van der Waals surface area contributed by atoms with E-state index in [0.29, 0.717) is 12.8 Å². The molecule has 2 N–H and O–H groups in total. The standard InChI is InChI=1S/C13H16F3NO3S/c14-13(15,16)10-5-1-2-6-11(10)21(19,20)17-12(9-18)7-3-4-8-12/h1-2,5-6,17-18H,3-4,7-9H2. The van der Waals surface area contributed by atoms with Gasteiger partial charge in [-0.05, 0) is 25.0 Å². The molecule has 0 aromatic heterocycles. The maximum Gasteiger partial charge on any atom is 0.417 e. The number of alkyl halides is 3. The second-order valence-corrected chi connectivity index (χ2v) is 6.90. The van der Waals surface area contributed by atoms with E-state index in [9.17, 15) is 26.7 Å². The molecule has 4 nitrogen and oxygen atoms in total. The molecule has 1 aliphatic rings. The highest BCUT2D eigenvalue weighted by atomic mass is 32.2. The first-order valence-electron chi connectivity index (χ1n) is 6.51. The summed E-state index contributed by atoms with van der Waals surface area (Å²) in [5.74, 6) is 0. The number of nitrogens with one attached hydrogen (secondary N) is 1. The Morgan fingerprint density at radius 2 is 1.76 bits per heavy atom. The van der Waals surface area contributed by atoms with Gasteiger partial charge in [0.2, 0.25) is 10.0 Å². The Morgan fingerprint density at radius 3 is 2.29 bits per heavy atom. The van der Waals surface area contributed by atoms with Gasteiger partial charge in [0.15, 0.2) is 0 Å². The lowest BCUT2D eigenvalue weighted by Gasteiger charge is -2.28. The molecule has 0 spiro atoms. The van der Waals surface area contributed by atoms with Gasteiger partial charge in [0.25, 0.3) is 0 Å². The molecule has 0 heterocycles. The van der Waals surface area contributed by atoms with E-state index in [4.69, 9.17) is 0 Å². The molecule has 0 aliphatic heterocycles. The van der Waals surface area contributed by atoms with Crippen LogP contribution in [-0.4, -0.2) is 25.7 Å². The first-order valence-corrected chi connectivity index (χ1v) is 8.00. The summed E-state index contributed by atoms with van der Waals surface area (Å²) in [6.45, 7) is -0.430. The van der Waals surface area contributed by atoms with Gasteiger partial charge in [-0.1, -0.05) is 25.0 Å². The summed E-state index contributed by atoms with van der Waals surface area (Å²) in [5.41, 5.74) is -2.26. The van der Waals surface area contributed by atoms with Crippen molar-refractivity contribution in [3.05, 3.63) is 29.8 Å². The van der Waals surface area contributed by atoms with E-state index in [1.165, 1.54) is 6.07 Å². The van der Waals surface area contributed by atoms with Gasteiger partial charge >= 0.3 is 6.18 Å². The molecule has 2 rings (SSSR count). The highest BCUT2D eigenvalue weighted by molar-refractivity contribution is 7.89. The summed E-state index contributed by atoms with van der Waals surface area (Å²) in [6.07, 6.45) is -2.48. The van der Waals surface area contributed by atoms with Crippen LogP contribution in [0.3, 0.4) is 0 Å². The number of benzene rings is 1. The fraction of sp³-hybridized carbons (Fsp3) is 0.538. The van der Waals surface area contributed by atoms with E-state index < -0.39 is 38.8 Å². The van der Waals surface area contributed by atoms with Gasteiger partial charge < -0.3 is 5.11 Å². The molecule has 1 saturated carbocycles. The highest BCUT2D eigenvalue weighted by Gasteiger charge is 2.41. The van der Waals surface area contributed by atoms with Crippen molar-refractivity contribution in [3.8, 4) is 0 Å². The minimum Gasteiger partial charge on any atom is -0.394 e. The molecule has 21 heavy (non-hydrogen) atoms. The van der Waals surface area contributed by atoms with Crippen LogP contribution in [0.2, 0.25) is 0 Å². The van der Waals surface area contributed by atoms with Gasteiger partial charge in [0.1, 0.15) is 0 Å². The Hall–Kier alpha value is -1.12. The predicted octanol–water partition coefficient (Wildman–Crippen LogP) is 2.29. The van der Waals surface area contributed by atoms with Crippen LogP contribution in [0.25, 0.3) is 0 Å². The molecular formula is C13H16F3NO3S. The number of aliphatic hydroxyl groups excluding tert-OH is 1. The third-order valence-electron chi connectivity index (χ3n) is 3.70. The largest absolute Gasteiger partial charge is 0.417 e. The lowest BCUT2D eigenvalue weighted by Crippen LogP contribution is -2.49. The SMILES string of the molecule is O=S(=O)(NC1(CO)CCCC1)c1ccccc1C(F)(F)F. The van der Waals surface area contributed by atoms with Crippen molar-refractivity contribution in [2.24, 2.45) is 0 Å². The lowest BCUT2D eigenvalue weighted by molar-refractivity contribution is -0.139. The Bertz CT molecular complexity index is 607. The quantitative estimate of drug-likeness (QED) is 0.893. The van der Waals surface area contributed by atoms with Crippen LogP contribution < -0.4 is 4.72 Å². The summed E-state index contributed by atoms with van der Waals surface area (Å²) in [7, 11) is -4.36. The third kappa shape index (κ3) is 3.38. The van der Waals surface area contributed by atoms with Gasteiger partial charge in [-0.25, -0.2) is 13.1 Å². The first kappa shape index (κ1) is 16.3. The van der Waals surface area contributed by atoms with Crippen molar-refractivity contribution < 1.29 is 26.7 Å². The molecule has 1 aromatic carbocycles. The van der Waals surface area contributed by atoms with Crippen LogP contribution in [0.5, 0.6) is 0 Å². The van der Waals surface area contributed by atoms with Crippen molar-refractivity contribution in [3.63, 3.8) is 0 Å². The Labute approximate surface area is 121 Å². The van der Waals surface area contributed by atoms with Crippen LogP contribution in [0, 0.1) is 0 Å². The van der Waals surface area contributed by atoms with E-state index in [1.807, 2.05) is 0 Å². The molecule has 0 radical (unpaired) electrons. The molecular weight excluding hydrogens is 307 g/mol. The number of rotatable bonds is 4. The maximum atomic E-state index is 12.9. The minimum atomic E-state index is -4.76. The Morgan fingerprint density at radius 1 is 1.19 bits per heavy atom. The van der Waals surface area contributed by atoms with Gasteiger partial charge in [-0.3, -0.25) is 0 Å². The van der Waals surface area contributed by atoms with E-state index in [1.54, 1.807) is 0 Å². The zero-order valence-corrected chi connectivity index (χ0v) is 12.0. The highest BCUT2D eigenvalue weighted by Crippen LogP contribution is 2.36. The minimum absolute atomic E-state index is 0.414. The molecule has 8 heteroatoms. The number of hydrogen-bond donors (Lipinski definition) is 2. The van der Waals surface area contributed by atoms with Crippen molar-refractivity contribution >= 4 is 10.0 Å². The van der Waals surface area contributed by atoms with Crippen LogP contribution in [0.4, 0.5) is 13.2 Å². The van der Waals surface area contributed by atoms with E-state index >= 15 is 0 Å². The summed E-state index contributed by atoms with van der Waals surface area (Å²) < 4.78 is 65.6. The summed E-state index contributed by atoms with van der Waals surface area (Å²) in [5, 5.41) is 9.41. The van der Waals surface area contributed by atoms with E-state index in [0.717, 1.165) is 31.0 Å². The monoisotopic (exact) mass is 323 g/mol. The third-order valence-corrected chi connectivity index (χ3v) is 5.33. The molecule has 1 aromatic rings. The zero-order chi connectivity index (χ0) is 15.7. The molecule has 0 unspecified atom stereocenters. The second-order valence-electron chi connectivity index (χ2n) is 5.24. The molecule has 0 amide bonds. The molecule has 118 valence electrons. The van der Waals surface area contributed by atoms with Crippen LogP contribution in [-0.2, 0) is 16.2 Å². The fourth-order valence-corrected chi connectivity index (χ4v) is 4.30. The van der Waals surface area contributed by atoms with E-state index in [-0.39, 0.29) is 0 Å². The fourth-order valence-electron chi connectivity index (χ4n) is 2.62. The Balaban J connectivity index is 2.41. The maximum absolute atomic E-state index is 12.9. The predicted molar refractivity (Wildman–Crippen MR) is 70.1 cm³/mol. The second kappa shape index (κ2) is 5.58. The average Bonchev–Trinajstić information content (AvgIpc) is 2.86. The summed E-state index contributed by atoms with van der Waals surface area (Å²) in [6, 6.07) is 4.03. The Kier molecular flexibility index (Phi) is 4.32. The number of hydrogen-bond acceptors (Lipinski definition) is 3. The van der Waals surface area contributed by atoms with Crippen LogP contribution in [0.15, 0.2) is 29.2 Å². The zero-order valence-electron chi connectivity index (χ0n) is 11.2. The topological polar surface area (TPSA) is 66.4 Å². The number of sulfonamides is 1. The first-order chi connectivity index (χ1) is 9.70. The van der Waals surface area contributed by atoms with Crippen molar-refractivity contribution in [1.29, 1.82) is 0 Å². The molecule has 0 atom stereocenters. The summed E-state index contributed by atoms with van der Waals surface area (Å²) >= 11 is 0. The molecule has 0 saturated heterocycles. The number of halogens is 3. The number of aliphatic hydroxyl groups is 1. The summed E-state index contributed by atoms with van der Waals surface area (Å²) in [4.78, 5) is -0.808. The van der Waals surface area contributed by atoms with Crippen molar-refractivity contribution in [1.82, 2.24) is 4.72 Å². The van der Waals surface area contributed by atoms with Crippen LogP contribution >= 0.6 is 0 Å². The molecule has 0 bridgehead atoms. The van der Waals surface area contributed by atoms with Crippen LogP contribution in [0.1, 0.15) is 31.2 Å². The van der Waals surface area contributed by atoms with Crippen molar-refractivity contribution in [2.75, 3.05) is 6.61 Å². The molecule has 1 fully saturated rings. The normalized spacial score (nSPS) is 18.9. The smallest absolute Gasteiger partial charge is 0.394 e. The average molecular weight is 323 g/mol. The van der Waals surface area contributed by atoms with Gasteiger partial charge in [-0.2, -0.15) is 13.2 Å². The van der Waals surface area contributed by atoms with E-state index in [2.05, 4.69) is 4.72 Å². The van der Waals surface area contributed by atoms with Gasteiger partial charge in [0, 0.05) is 0 Å². The molecule has 1 aliphatic carbocycles. The van der Waals surface area contributed by atoms with Gasteiger partial charge in [-0.15, -0.1) is 0 Å². The lowest BCUT2D eigenvalue weighted by atomic mass is 10.0. The van der Waals surface area contributed by atoms with Gasteiger partial charge in [0.05, 0.1) is 22.6 Å².